The van der Waals surface area contributed by atoms with Crippen LogP contribution < -0.4 is 10.4 Å². The number of hydrogen-bond donors (Lipinski definition) is 2. The van der Waals surface area contributed by atoms with E-state index in [2.05, 4.69) is 10.4 Å². The van der Waals surface area contributed by atoms with Gasteiger partial charge < -0.3 is 14.6 Å². The molecule has 28 heavy (non-hydrogen) atoms. The molecule has 0 spiro atoms. The summed E-state index contributed by atoms with van der Waals surface area (Å²) in [5.74, 6) is 0.0841. The molecular formula is C21H23N3O4. The molecule has 0 saturated carbocycles. The van der Waals surface area contributed by atoms with Crippen LogP contribution in [0.1, 0.15) is 12.5 Å². The number of carbonyl (C=O) groups excluding carboxylic acids is 1. The molecule has 2 aliphatic heterocycles. The Hall–Kier alpha value is -2.74. The van der Waals surface area contributed by atoms with Crippen LogP contribution in [0.3, 0.4) is 0 Å². The van der Waals surface area contributed by atoms with E-state index in [1.54, 1.807) is 5.01 Å². The van der Waals surface area contributed by atoms with E-state index < -0.39 is 18.4 Å². The third-order valence-electron chi connectivity index (χ3n) is 4.90. The van der Waals surface area contributed by atoms with Crippen molar-refractivity contribution < 1.29 is 19.4 Å². The number of amidine groups is 1. The van der Waals surface area contributed by atoms with Crippen molar-refractivity contribution in [1.29, 1.82) is 0 Å². The molecule has 2 heterocycles. The Morgan fingerprint density at radius 2 is 1.89 bits per heavy atom. The number of ether oxygens (including phenoxy) is 2. The number of benzene rings is 2. The average molecular weight is 381 g/mol. The van der Waals surface area contributed by atoms with Crippen molar-refractivity contribution in [2.75, 3.05) is 11.6 Å². The van der Waals surface area contributed by atoms with Crippen LogP contribution >= 0.6 is 0 Å². The summed E-state index contributed by atoms with van der Waals surface area (Å²) in [5.41, 5.74) is 4.88. The first-order valence-electron chi connectivity index (χ1n) is 9.28. The zero-order chi connectivity index (χ0) is 19.5. The fourth-order valence-corrected chi connectivity index (χ4v) is 3.50. The van der Waals surface area contributed by atoms with Crippen LogP contribution in [0.25, 0.3) is 0 Å². The zero-order valence-electron chi connectivity index (χ0n) is 15.6. The summed E-state index contributed by atoms with van der Waals surface area (Å²) in [4.78, 5) is 16.4. The van der Waals surface area contributed by atoms with Crippen molar-refractivity contribution in [2.24, 2.45) is 4.99 Å². The predicted octanol–water partition coefficient (Wildman–Crippen LogP) is 1.67. The number of hydrazine groups is 1. The minimum Gasteiger partial charge on any atom is -0.385 e. The lowest BCUT2D eigenvalue weighted by Crippen LogP contribution is -2.68. The minimum atomic E-state index is -0.951. The van der Waals surface area contributed by atoms with E-state index in [9.17, 15) is 9.90 Å². The topological polar surface area (TPSA) is 83.4 Å². The van der Waals surface area contributed by atoms with Gasteiger partial charge in [-0.2, -0.15) is 0 Å². The molecule has 7 nitrogen and oxygen atoms in total. The standard InChI is InChI=1S/C21H23N3O4/c1-14(25)20-22-17-13-28-21(27-12-15-8-4-2-5-9-15)19(26)18(17)24(23-20)16-10-6-3-7-11-16/h2-11,17-19,21,26H,12-13H2,1H3,(H,22,23)/t17-,18-,19+,21+/m1/s1. The van der Waals surface area contributed by atoms with Crippen LogP contribution in [0.15, 0.2) is 65.7 Å². The van der Waals surface area contributed by atoms with Gasteiger partial charge in [0.05, 0.1) is 18.9 Å². The van der Waals surface area contributed by atoms with Crippen molar-refractivity contribution in [1.82, 2.24) is 5.43 Å². The zero-order valence-corrected chi connectivity index (χ0v) is 15.6. The average Bonchev–Trinajstić information content (AvgIpc) is 2.74. The molecule has 7 heteroatoms. The van der Waals surface area contributed by atoms with Crippen LogP contribution in [0.4, 0.5) is 5.69 Å². The monoisotopic (exact) mass is 381 g/mol. The number of aliphatic hydroxyl groups excluding tert-OH is 1. The van der Waals surface area contributed by atoms with Crippen LogP contribution in [0.5, 0.6) is 0 Å². The van der Waals surface area contributed by atoms with E-state index in [0.29, 0.717) is 6.61 Å². The first-order chi connectivity index (χ1) is 13.6. The Labute approximate surface area is 163 Å². The number of Topliss-reactive ketones (excluding diaryl/α,β-unsaturated/α-hetero) is 1. The number of ketones is 1. The molecule has 2 aliphatic rings. The van der Waals surface area contributed by atoms with Gasteiger partial charge in [-0.25, -0.2) is 0 Å². The van der Waals surface area contributed by atoms with Gasteiger partial charge in [0.15, 0.2) is 17.9 Å². The van der Waals surface area contributed by atoms with Gasteiger partial charge in [-0.3, -0.25) is 20.2 Å². The van der Waals surface area contributed by atoms with Crippen LogP contribution in [-0.4, -0.2) is 47.8 Å². The molecule has 1 saturated heterocycles. The summed E-state index contributed by atoms with van der Waals surface area (Å²) in [6.07, 6.45) is -1.74. The Bertz CT molecular complexity index is 843. The second-order valence-electron chi connectivity index (χ2n) is 6.90. The van der Waals surface area contributed by atoms with Gasteiger partial charge in [0, 0.05) is 6.92 Å². The highest BCUT2D eigenvalue weighted by Crippen LogP contribution is 2.29. The summed E-state index contributed by atoms with van der Waals surface area (Å²) < 4.78 is 11.6. The Balaban J connectivity index is 1.56. The molecule has 2 N–H and O–H groups in total. The van der Waals surface area contributed by atoms with E-state index in [1.807, 2.05) is 60.7 Å². The molecular weight excluding hydrogens is 358 g/mol. The molecule has 0 unspecified atom stereocenters. The third-order valence-corrected chi connectivity index (χ3v) is 4.90. The predicted molar refractivity (Wildman–Crippen MR) is 105 cm³/mol. The van der Waals surface area contributed by atoms with E-state index in [4.69, 9.17) is 9.47 Å². The number of nitrogens with zero attached hydrogens (tertiary/aromatic N) is 2. The molecule has 0 radical (unpaired) electrons. The number of para-hydroxylation sites is 1. The molecule has 0 bridgehead atoms. The number of fused-ring (bicyclic) bond motifs is 1. The number of aliphatic hydroxyl groups is 1. The summed E-state index contributed by atoms with van der Waals surface area (Å²) in [6, 6.07) is 18.5. The quantitative estimate of drug-likeness (QED) is 0.820. The van der Waals surface area contributed by atoms with Crippen molar-refractivity contribution in [2.45, 2.75) is 38.0 Å². The highest BCUT2D eigenvalue weighted by Gasteiger charge is 2.46. The molecule has 0 aliphatic carbocycles. The Kier molecular flexibility index (Phi) is 5.38. The van der Waals surface area contributed by atoms with E-state index in [1.165, 1.54) is 6.92 Å². The first kappa shape index (κ1) is 18.6. The summed E-state index contributed by atoms with van der Waals surface area (Å²) in [7, 11) is 0. The van der Waals surface area contributed by atoms with Crippen molar-refractivity contribution >= 4 is 17.3 Å². The van der Waals surface area contributed by atoms with Crippen molar-refractivity contribution in [3.05, 3.63) is 66.2 Å². The Morgan fingerprint density at radius 3 is 2.57 bits per heavy atom. The molecule has 146 valence electrons. The van der Waals surface area contributed by atoms with Gasteiger partial charge >= 0.3 is 0 Å². The molecule has 4 rings (SSSR count). The fraction of sp³-hybridized carbons (Fsp3) is 0.333. The number of aliphatic imine (C=N–C) groups is 1. The number of rotatable bonds is 5. The molecule has 0 amide bonds. The molecule has 2 aromatic rings. The number of hydrogen-bond acceptors (Lipinski definition) is 7. The van der Waals surface area contributed by atoms with E-state index >= 15 is 0 Å². The number of anilines is 1. The van der Waals surface area contributed by atoms with E-state index in [-0.39, 0.29) is 24.3 Å². The lowest BCUT2D eigenvalue weighted by Gasteiger charge is -2.47. The van der Waals surface area contributed by atoms with Gasteiger partial charge in [-0.15, -0.1) is 0 Å². The summed E-state index contributed by atoms with van der Waals surface area (Å²) >= 11 is 0. The Morgan fingerprint density at radius 1 is 1.21 bits per heavy atom. The molecule has 1 fully saturated rings. The van der Waals surface area contributed by atoms with Gasteiger partial charge in [0.1, 0.15) is 18.2 Å². The second kappa shape index (κ2) is 8.10. The third kappa shape index (κ3) is 3.77. The van der Waals surface area contributed by atoms with Crippen LogP contribution in [-0.2, 0) is 20.9 Å². The van der Waals surface area contributed by atoms with Gasteiger partial charge in [-0.05, 0) is 17.7 Å². The van der Waals surface area contributed by atoms with Gasteiger partial charge in [0.2, 0.25) is 0 Å². The van der Waals surface area contributed by atoms with Crippen LogP contribution in [0.2, 0.25) is 0 Å². The lowest BCUT2D eigenvalue weighted by molar-refractivity contribution is -0.229. The fourth-order valence-electron chi connectivity index (χ4n) is 3.50. The number of nitrogens with one attached hydrogen (secondary N) is 1. The maximum atomic E-state index is 11.9. The van der Waals surface area contributed by atoms with Crippen molar-refractivity contribution in [3.63, 3.8) is 0 Å². The maximum absolute atomic E-state index is 11.9. The molecule has 2 aromatic carbocycles. The van der Waals surface area contributed by atoms with Gasteiger partial charge in [-0.1, -0.05) is 48.5 Å². The number of carbonyl (C=O) groups is 1. The normalized spacial score (nSPS) is 26.8. The first-order valence-corrected chi connectivity index (χ1v) is 9.28. The minimum absolute atomic E-state index is 0.170. The lowest BCUT2D eigenvalue weighted by atomic mass is 9.97. The van der Waals surface area contributed by atoms with Crippen molar-refractivity contribution in [3.8, 4) is 0 Å². The highest BCUT2D eigenvalue weighted by atomic mass is 16.7. The largest absolute Gasteiger partial charge is 0.385 e. The van der Waals surface area contributed by atoms with E-state index in [0.717, 1.165) is 11.3 Å². The highest BCUT2D eigenvalue weighted by molar-refractivity contribution is 6.38. The summed E-state index contributed by atoms with van der Waals surface area (Å²) in [6.45, 7) is 2.05. The maximum Gasteiger partial charge on any atom is 0.196 e. The van der Waals surface area contributed by atoms with Crippen LogP contribution in [0, 0.1) is 0 Å². The second-order valence-corrected chi connectivity index (χ2v) is 6.90. The summed E-state index contributed by atoms with van der Waals surface area (Å²) in [5, 5.41) is 12.8. The van der Waals surface area contributed by atoms with Gasteiger partial charge in [0.25, 0.3) is 0 Å². The molecule has 0 aromatic heterocycles. The molecule has 4 atom stereocenters. The smallest absolute Gasteiger partial charge is 0.196 e. The SMILES string of the molecule is CC(=O)C1=N[C@@H]2CO[C@H](OCc3ccccc3)[C@@H](O)[C@@H]2N(c2ccccc2)N1.